The standard InChI is InChI=1S/C11H20N4/c1-8(2)9-13-10(15-14-9)11(3)5-4-6-12-7-11/h8,12H,4-7H2,1-3H3,(H,13,14,15). The minimum atomic E-state index is 0.113. The molecule has 1 fully saturated rings. The number of nitrogens with zero attached hydrogens (tertiary/aromatic N) is 2. The van der Waals surface area contributed by atoms with Crippen molar-refractivity contribution in [2.75, 3.05) is 13.1 Å². The lowest BCUT2D eigenvalue weighted by Gasteiger charge is -2.31. The Balaban J connectivity index is 2.20. The molecule has 1 aromatic rings. The molecule has 4 heteroatoms. The van der Waals surface area contributed by atoms with Crippen LogP contribution >= 0.6 is 0 Å². The smallest absolute Gasteiger partial charge is 0.157 e. The molecule has 2 N–H and O–H groups in total. The van der Waals surface area contributed by atoms with Gasteiger partial charge in [0.25, 0.3) is 0 Å². The van der Waals surface area contributed by atoms with Crippen LogP contribution in [0.1, 0.15) is 51.2 Å². The molecule has 84 valence electrons. The van der Waals surface area contributed by atoms with E-state index in [0.717, 1.165) is 24.7 Å². The second kappa shape index (κ2) is 3.93. The third-order valence-corrected chi connectivity index (χ3v) is 3.19. The summed E-state index contributed by atoms with van der Waals surface area (Å²) >= 11 is 0. The lowest BCUT2D eigenvalue weighted by atomic mass is 9.82. The lowest BCUT2D eigenvalue weighted by molar-refractivity contribution is 0.324. The fourth-order valence-corrected chi connectivity index (χ4v) is 2.05. The fourth-order valence-electron chi connectivity index (χ4n) is 2.05. The van der Waals surface area contributed by atoms with Crippen molar-refractivity contribution in [3.8, 4) is 0 Å². The number of nitrogens with one attached hydrogen (secondary N) is 2. The predicted octanol–water partition coefficient (Wildman–Crippen LogP) is 1.57. The molecule has 4 nitrogen and oxygen atoms in total. The lowest BCUT2D eigenvalue weighted by Crippen LogP contribution is -2.41. The average Bonchev–Trinajstić information content (AvgIpc) is 2.68. The van der Waals surface area contributed by atoms with Gasteiger partial charge in [-0.2, -0.15) is 5.10 Å². The minimum Gasteiger partial charge on any atom is -0.316 e. The highest BCUT2D eigenvalue weighted by Crippen LogP contribution is 2.28. The van der Waals surface area contributed by atoms with Gasteiger partial charge in [-0.15, -0.1) is 0 Å². The van der Waals surface area contributed by atoms with Crippen LogP contribution in [0.5, 0.6) is 0 Å². The molecule has 0 aliphatic carbocycles. The Bertz CT molecular complexity index is 323. The molecule has 0 spiro atoms. The quantitative estimate of drug-likeness (QED) is 0.775. The molecule has 0 saturated carbocycles. The Morgan fingerprint density at radius 3 is 2.73 bits per heavy atom. The molecule has 1 aliphatic rings. The van der Waals surface area contributed by atoms with E-state index in [-0.39, 0.29) is 5.41 Å². The summed E-state index contributed by atoms with van der Waals surface area (Å²) < 4.78 is 0. The highest BCUT2D eigenvalue weighted by molar-refractivity contribution is 5.10. The SMILES string of the molecule is CC(C)c1nc(C2(C)CCCNC2)n[nH]1. The van der Waals surface area contributed by atoms with E-state index in [9.17, 15) is 0 Å². The van der Waals surface area contributed by atoms with Crippen LogP contribution in [0.4, 0.5) is 0 Å². The molecule has 15 heavy (non-hydrogen) atoms. The van der Waals surface area contributed by atoms with Crippen molar-refractivity contribution >= 4 is 0 Å². The van der Waals surface area contributed by atoms with Crippen LogP contribution in [-0.4, -0.2) is 28.3 Å². The highest BCUT2D eigenvalue weighted by Gasteiger charge is 2.32. The van der Waals surface area contributed by atoms with Gasteiger partial charge in [0.05, 0.1) is 0 Å². The summed E-state index contributed by atoms with van der Waals surface area (Å²) in [7, 11) is 0. The molecule has 1 saturated heterocycles. The molecule has 0 bridgehead atoms. The molecule has 0 radical (unpaired) electrons. The summed E-state index contributed by atoms with van der Waals surface area (Å²) in [5, 5.41) is 10.8. The van der Waals surface area contributed by atoms with Gasteiger partial charge in [-0.25, -0.2) is 4.98 Å². The van der Waals surface area contributed by atoms with Gasteiger partial charge >= 0.3 is 0 Å². The molecule has 1 aliphatic heterocycles. The van der Waals surface area contributed by atoms with Gasteiger partial charge in [-0.05, 0) is 19.4 Å². The Morgan fingerprint density at radius 1 is 1.40 bits per heavy atom. The van der Waals surface area contributed by atoms with Crippen LogP contribution in [-0.2, 0) is 5.41 Å². The zero-order chi connectivity index (χ0) is 10.9. The van der Waals surface area contributed by atoms with Crippen LogP contribution in [0, 0.1) is 0 Å². The van der Waals surface area contributed by atoms with Gasteiger partial charge < -0.3 is 5.32 Å². The molecule has 0 amide bonds. The number of hydrogen-bond acceptors (Lipinski definition) is 3. The second-order valence-corrected chi connectivity index (χ2v) is 5.04. The Morgan fingerprint density at radius 2 is 2.20 bits per heavy atom. The number of aromatic nitrogens is 3. The van der Waals surface area contributed by atoms with E-state index in [1.165, 1.54) is 12.8 Å². The van der Waals surface area contributed by atoms with Crippen molar-refractivity contribution in [3.05, 3.63) is 11.6 Å². The third-order valence-electron chi connectivity index (χ3n) is 3.19. The van der Waals surface area contributed by atoms with Gasteiger partial charge in [0.2, 0.25) is 0 Å². The monoisotopic (exact) mass is 208 g/mol. The van der Waals surface area contributed by atoms with E-state index < -0.39 is 0 Å². The van der Waals surface area contributed by atoms with Crippen molar-refractivity contribution in [2.24, 2.45) is 0 Å². The molecule has 1 unspecified atom stereocenters. The van der Waals surface area contributed by atoms with Gasteiger partial charge in [0.1, 0.15) is 5.82 Å². The first-order valence-electron chi connectivity index (χ1n) is 5.75. The fraction of sp³-hybridized carbons (Fsp3) is 0.818. The first-order valence-corrected chi connectivity index (χ1v) is 5.75. The molecule has 1 atom stereocenters. The van der Waals surface area contributed by atoms with Gasteiger partial charge in [-0.1, -0.05) is 20.8 Å². The van der Waals surface area contributed by atoms with Crippen molar-refractivity contribution in [1.29, 1.82) is 0 Å². The average molecular weight is 208 g/mol. The zero-order valence-electron chi connectivity index (χ0n) is 9.80. The van der Waals surface area contributed by atoms with Crippen molar-refractivity contribution in [1.82, 2.24) is 20.5 Å². The van der Waals surface area contributed by atoms with E-state index in [4.69, 9.17) is 0 Å². The van der Waals surface area contributed by atoms with E-state index in [1.54, 1.807) is 0 Å². The van der Waals surface area contributed by atoms with Gasteiger partial charge in [0.15, 0.2) is 5.82 Å². The first kappa shape index (κ1) is 10.6. The summed E-state index contributed by atoms with van der Waals surface area (Å²) in [6.07, 6.45) is 2.39. The number of H-pyrrole nitrogens is 1. The number of piperidine rings is 1. The van der Waals surface area contributed by atoms with Crippen LogP contribution in [0.15, 0.2) is 0 Å². The summed E-state index contributed by atoms with van der Waals surface area (Å²) in [5.41, 5.74) is 0.113. The maximum absolute atomic E-state index is 4.60. The van der Waals surface area contributed by atoms with Crippen LogP contribution in [0.3, 0.4) is 0 Å². The number of aromatic amines is 1. The third kappa shape index (κ3) is 2.04. The summed E-state index contributed by atoms with van der Waals surface area (Å²) in [5.74, 6) is 2.39. The normalized spacial score (nSPS) is 27.2. The maximum Gasteiger partial charge on any atom is 0.157 e. The Labute approximate surface area is 90.9 Å². The molecule has 2 heterocycles. The highest BCUT2D eigenvalue weighted by atomic mass is 15.2. The van der Waals surface area contributed by atoms with Crippen molar-refractivity contribution in [2.45, 2.75) is 44.9 Å². The van der Waals surface area contributed by atoms with Crippen LogP contribution in [0.2, 0.25) is 0 Å². The molecule has 0 aromatic carbocycles. The Hall–Kier alpha value is -0.900. The van der Waals surface area contributed by atoms with E-state index in [1.807, 2.05) is 0 Å². The summed E-state index contributed by atoms with van der Waals surface area (Å²) in [6.45, 7) is 8.61. The van der Waals surface area contributed by atoms with Crippen molar-refractivity contribution in [3.63, 3.8) is 0 Å². The molecular formula is C11H20N4. The second-order valence-electron chi connectivity index (χ2n) is 5.04. The summed E-state index contributed by atoms with van der Waals surface area (Å²) in [6, 6.07) is 0. The zero-order valence-corrected chi connectivity index (χ0v) is 9.80. The molecule has 1 aromatic heterocycles. The summed E-state index contributed by atoms with van der Waals surface area (Å²) in [4.78, 5) is 4.60. The van der Waals surface area contributed by atoms with Crippen molar-refractivity contribution < 1.29 is 0 Å². The number of rotatable bonds is 2. The van der Waals surface area contributed by atoms with E-state index in [0.29, 0.717) is 5.92 Å². The minimum absolute atomic E-state index is 0.113. The van der Waals surface area contributed by atoms with E-state index in [2.05, 4.69) is 41.3 Å². The first-order chi connectivity index (χ1) is 7.12. The predicted molar refractivity (Wildman–Crippen MR) is 59.9 cm³/mol. The van der Waals surface area contributed by atoms with Gasteiger partial charge in [0, 0.05) is 17.9 Å². The molecular weight excluding hydrogens is 188 g/mol. The number of hydrogen-bond donors (Lipinski definition) is 2. The maximum atomic E-state index is 4.60. The molecule has 2 rings (SSSR count). The largest absolute Gasteiger partial charge is 0.316 e. The van der Waals surface area contributed by atoms with E-state index >= 15 is 0 Å². The Kier molecular flexibility index (Phi) is 2.78. The topological polar surface area (TPSA) is 53.6 Å². The van der Waals surface area contributed by atoms with Gasteiger partial charge in [-0.3, -0.25) is 5.10 Å². The van der Waals surface area contributed by atoms with Crippen LogP contribution in [0.25, 0.3) is 0 Å². The van der Waals surface area contributed by atoms with Crippen LogP contribution < -0.4 is 5.32 Å².